The van der Waals surface area contributed by atoms with Crippen molar-refractivity contribution in [2.45, 2.75) is 11.6 Å². The van der Waals surface area contributed by atoms with Crippen LogP contribution in [0.5, 0.6) is 0 Å². The second kappa shape index (κ2) is 6.63. The van der Waals surface area contributed by atoms with Gasteiger partial charge in [-0.05, 0) is 23.5 Å². The monoisotopic (exact) mass is 372 g/mol. The van der Waals surface area contributed by atoms with Crippen molar-refractivity contribution in [2.75, 3.05) is 26.9 Å². The fourth-order valence-electron chi connectivity index (χ4n) is 4.65. The van der Waals surface area contributed by atoms with Gasteiger partial charge >= 0.3 is 0 Å². The number of carbonyl (C=O) groups is 2. The molecule has 4 rings (SSSR count). The Bertz CT molecular complexity index is 773. The fourth-order valence-corrected chi connectivity index (χ4v) is 4.65. The topological polar surface area (TPSA) is 117 Å². The molecule has 1 saturated heterocycles. The van der Waals surface area contributed by atoms with E-state index in [9.17, 15) is 14.7 Å². The minimum atomic E-state index is -1.20. The van der Waals surface area contributed by atoms with E-state index in [1.807, 2.05) is 30.3 Å². The molecule has 27 heavy (non-hydrogen) atoms. The number of likely N-dealkylation sites (N-methyl/N-ethyl adjacent to an activating group) is 1. The van der Waals surface area contributed by atoms with E-state index in [1.54, 1.807) is 11.1 Å². The Morgan fingerprint density at radius 3 is 2.59 bits per heavy atom. The minimum Gasteiger partial charge on any atom is -0.394 e. The molecule has 1 saturated carbocycles. The summed E-state index contributed by atoms with van der Waals surface area (Å²) in [6.45, 7) is 0.923. The van der Waals surface area contributed by atoms with Gasteiger partial charge in [0.25, 0.3) is 5.91 Å². The molecule has 1 aromatic carbocycles. The molecule has 0 spiro atoms. The molecule has 144 valence electrons. The van der Waals surface area contributed by atoms with Crippen molar-refractivity contribution in [3.8, 4) is 0 Å². The molecule has 8 heteroatoms. The molecule has 8 nitrogen and oxygen atoms in total. The van der Waals surface area contributed by atoms with E-state index in [0.717, 1.165) is 5.56 Å². The van der Waals surface area contributed by atoms with Crippen molar-refractivity contribution in [1.82, 2.24) is 15.8 Å². The van der Waals surface area contributed by atoms with Crippen LogP contribution in [0.25, 0.3) is 0 Å². The Labute approximate surface area is 157 Å². The van der Waals surface area contributed by atoms with Crippen LogP contribution in [-0.4, -0.2) is 54.3 Å². The van der Waals surface area contributed by atoms with Crippen molar-refractivity contribution in [1.29, 1.82) is 0 Å². The zero-order valence-corrected chi connectivity index (χ0v) is 15.1. The van der Waals surface area contributed by atoms with Crippen molar-refractivity contribution in [3.05, 3.63) is 47.7 Å². The van der Waals surface area contributed by atoms with Crippen LogP contribution in [0.4, 0.5) is 0 Å². The molecule has 1 aliphatic carbocycles. The van der Waals surface area contributed by atoms with Crippen LogP contribution in [0.1, 0.15) is 11.6 Å². The number of carbonyl (C=O) groups excluding carboxylic acids is 2. The Hall–Kier alpha value is -2.42. The molecular weight excluding hydrogens is 348 g/mol. The van der Waals surface area contributed by atoms with Gasteiger partial charge in [0.1, 0.15) is 11.2 Å². The van der Waals surface area contributed by atoms with Crippen LogP contribution in [0.3, 0.4) is 0 Å². The van der Waals surface area contributed by atoms with Crippen molar-refractivity contribution in [2.24, 2.45) is 23.5 Å². The van der Waals surface area contributed by atoms with E-state index in [4.69, 9.17) is 10.5 Å². The second-order valence-corrected chi connectivity index (χ2v) is 7.31. The fraction of sp³-hybridized carbons (Fsp3) is 0.474. The first-order chi connectivity index (χ1) is 13.0. The molecule has 2 fully saturated rings. The summed E-state index contributed by atoms with van der Waals surface area (Å²) >= 11 is 0. The third kappa shape index (κ3) is 2.63. The molecule has 3 aliphatic rings. The quantitative estimate of drug-likeness (QED) is 0.524. The number of nitrogens with zero attached hydrogens (tertiary/aromatic N) is 1. The van der Waals surface area contributed by atoms with Gasteiger partial charge in [-0.2, -0.15) is 5.01 Å². The molecule has 5 atom stereocenters. The highest BCUT2D eigenvalue weighted by Crippen LogP contribution is 2.60. The lowest BCUT2D eigenvalue weighted by atomic mass is 9.86. The number of fused-ring (bicyclic) bond motifs is 1. The second-order valence-electron chi connectivity index (χ2n) is 7.31. The molecule has 2 heterocycles. The van der Waals surface area contributed by atoms with E-state index < -0.39 is 17.5 Å². The van der Waals surface area contributed by atoms with Crippen LogP contribution < -0.4 is 16.5 Å². The van der Waals surface area contributed by atoms with E-state index >= 15 is 0 Å². The van der Waals surface area contributed by atoms with Crippen molar-refractivity contribution in [3.63, 3.8) is 0 Å². The molecule has 0 aromatic heterocycles. The largest absolute Gasteiger partial charge is 0.394 e. The van der Waals surface area contributed by atoms with Gasteiger partial charge in [0.2, 0.25) is 5.91 Å². The number of nitrogens with one attached hydrogen (secondary N) is 2. The van der Waals surface area contributed by atoms with Gasteiger partial charge in [-0.3, -0.25) is 9.59 Å². The van der Waals surface area contributed by atoms with Gasteiger partial charge in [-0.25, -0.2) is 0 Å². The number of hydrogen-bond acceptors (Lipinski definition) is 6. The zero-order valence-electron chi connectivity index (χ0n) is 15.1. The van der Waals surface area contributed by atoms with Gasteiger partial charge < -0.3 is 26.3 Å². The van der Waals surface area contributed by atoms with Crippen LogP contribution in [0.15, 0.2) is 42.1 Å². The van der Waals surface area contributed by atoms with Gasteiger partial charge in [-0.15, -0.1) is 0 Å². The number of benzene rings is 1. The first-order valence-electron chi connectivity index (χ1n) is 9.09. The summed E-state index contributed by atoms with van der Waals surface area (Å²) in [4.78, 5) is 25.1. The Morgan fingerprint density at radius 1 is 1.37 bits per heavy atom. The number of hydrazine groups is 1. The number of aliphatic hydroxyl groups is 1. The lowest BCUT2D eigenvalue weighted by Crippen LogP contribution is -2.61. The number of rotatable bonds is 6. The third-order valence-corrected chi connectivity index (χ3v) is 6.00. The third-order valence-electron chi connectivity index (χ3n) is 6.00. The average Bonchev–Trinajstić information content (AvgIpc) is 3.03. The predicted molar refractivity (Wildman–Crippen MR) is 96.6 cm³/mol. The Balaban J connectivity index is 1.79. The van der Waals surface area contributed by atoms with E-state index in [2.05, 4.69) is 10.7 Å². The van der Waals surface area contributed by atoms with Crippen molar-refractivity contribution < 1.29 is 19.4 Å². The van der Waals surface area contributed by atoms with Crippen LogP contribution in [0.2, 0.25) is 0 Å². The summed E-state index contributed by atoms with van der Waals surface area (Å²) in [5, 5.41) is 14.4. The van der Waals surface area contributed by atoms with Crippen LogP contribution in [0, 0.1) is 17.8 Å². The number of aliphatic hydroxyl groups excluding tert-OH is 1. The maximum absolute atomic E-state index is 12.8. The maximum Gasteiger partial charge on any atom is 0.268 e. The summed E-state index contributed by atoms with van der Waals surface area (Å²) in [7, 11) is 1.53. The summed E-state index contributed by atoms with van der Waals surface area (Å²) in [6.07, 6.45) is 1.63. The number of ether oxygens (including phenoxy) is 1. The molecule has 0 bridgehead atoms. The summed E-state index contributed by atoms with van der Waals surface area (Å²) in [5.74, 6) is -0.497. The molecule has 2 amide bonds. The summed E-state index contributed by atoms with van der Waals surface area (Å²) in [6, 6.07) is 8.83. The highest BCUT2D eigenvalue weighted by molar-refractivity contribution is 5.97. The molecule has 2 unspecified atom stereocenters. The zero-order chi connectivity index (χ0) is 19.2. The van der Waals surface area contributed by atoms with Crippen LogP contribution >= 0.6 is 0 Å². The SMILES string of the molecule is CNC(=O)C1=CC(C(N)=O)(C2[C@H]3COC[C@@H]23)N([C@@H](CO)c2ccccc2)N1. The van der Waals surface area contributed by atoms with E-state index in [1.165, 1.54) is 7.05 Å². The standard InChI is InChI=1S/C19H24N4O4/c1-21-17(25)14-7-19(18(20)26,16-12-9-27-10-13(12)16)23(22-14)15(8-24)11-5-3-2-4-6-11/h2-7,12-13,15-16,22,24H,8-10H2,1H3,(H2,20,26)(H,21,25)/t12-,13+,15-,16?,19?/m0/s1. The Morgan fingerprint density at radius 2 is 2.04 bits per heavy atom. The molecule has 1 aromatic rings. The number of hydrogen-bond donors (Lipinski definition) is 4. The number of nitrogens with two attached hydrogens (primary N) is 1. The van der Waals surface area contributed by atoms with Gasteiger partial charge in [0, 0.05) is 13.0 Å². The minimum absolute atomic E-state index is 0.0591. The lowest BCUT2D eigenvalue weighted by molar-refractivity contribution is -0.133. The highest BCUT2D eigenvalue weighted by atomic mass is 16.5. The average molecular weight is 372 g/mol. The van der Waals surface area contributed by atoms with E-state index in [-0.39, 0.29) is 36.0 Å². The highest BCUT2D eigenvalue weighted by Gasteiger charge is 2.69. The predicted octanol–water partition coefficient (Wildman–Crippen LogP) is -0.713. The Kier molecular flexibility index (Phi) is 4.41. The first kappa shape index (κ1) is 18.0. The number of amides is 2. The number of primary amides is 1. The van der Waals surface area contributed by atoms with Gasteiger partial charge in [-0.1, -0.05) is 30.3 Å². The molecule has 0 radical (unpaired) electrons. The summed E-state index contributed by atoms with van der Waals surface area (Å²) in [5.41, 5.74) is 8.86. The summed E-state index contributed by atoms with van der Waals surface area (Å²) < 4.78 is 5.48. The first-order valence-corrected chi connectivity index (χ1v) is 9.09. The smallest absolute Gasteiger partial charge is 0.268 e. The lowest BCUT2D eigenvalue weighted by Gasteiger charge is -2.40. The van der Waals surface area contributed by atoms with Gasteiger partial charge in [0.05, 0.1) is 25.9 Å². The molecule has 2 aliphatic heterocycles. The van der Waals surface area contributed by atoms with Gasteiger partial charge in [0.15, 0.2) is 0 Å². The van der Waals surface area contributed by atoms with Crippen molar-refractivity contribution >= 4 is 11.8 Å². The molecular formula is C19H24N4O4. The van der Waals surface area contributed by atoms with E-state index in [0.29, 0.717) is 13.2 Å². The normalized spacial score (nSPS) is 33.0. The van der Waals surface area contributed by atoms with Crippen LogP contribution in [-0.2, 0) is 14.3 Å². The molecule has 5 N–H and O–H groups in total. The maximum atomic E-state index is 12.8.